The van der Waals surface area contributed by atoms with E-state index in [0.717, 1.165) is 17.3 Å². The average Bonchev–Trinajstić information content (AvgIpc) is 2.56. The summed E-state index contributed by atoms with van der Waals surface area (Å²) in [5.74, 6) is 3.38. The molecule has 0 radical (unpaired) electrons. The third-order valence-corrected chi connectivity index (χ3v) is 4.25. The van der Waals surface area contributed by atoms with Gasteiger partial charge in [-0.05, 0) is 32.0 Å². The molecule has 0 aliphatic carbocycles. The van der Waals surface area contributed by atoms with Gasteiger partial charge in [0.25, 0.3) is 0 Å². The fraction of sp³-hybridized carbons (Fsp3) is 0.316. The smallest absolute Gasteiger partial charge is 0.163 e. The molecule has 0 N–H and O–H groups in total. The lowest BCUT2D eigenvalue weighted by atomic mass is 10.1. The fourth-order valence-corrected chi connectivity index (χ4v) is 3.00. The van der Waals surface area contributed by atoms with E-state index < -0.39 is 0 Å². The van der Waals surface area contributed by atoms with E-state index in [2.05, 4.69) is 6.07 Å². The minimum atomic E-state index is 0.0268. The van der Waals surface area contributed by atoms with E-state index >= 15 is 0 Å². The summed E-state index contributed by atoms with van der Waals surface area (Å²) in [4.78, 5) is 11.5. The van der Waals surface area contributed by atoms with Crippen LogP contribution in [0.4, 0.5) is 0 Å². The van der Waals surface area contributed by atoms with Gasteiger partial charge >= 0.3 is 0 Å². The van der Waals surface area contributed by atoms with Crippen LogP contribution in [0.15, 0.2) is 48.5 Å². The Labute approximate surface area is 142 Å². The van der Waals surface area contributed by atoms with Crippen molar-refractivity contribution in [2.45, 2.75) is 19.6 Å². The Morgan fingerprint density at radius 2 is 1.70 bits per heavy atom. The number of hydrogen-bond donors (Lipinski definition) is 0. The lowest BCUT2D eigenvalue weighted by molar-refractivity contribution is 0.101. The second kappa shape index (κ2) is 9.26. The summed E-state index contributed by atoms with van der Waals surface area (Å²) in [5.41, 5.74) is 1.84. The third kappa shape index (κ3) is 5.32. The minimum absolute atomic E-state index is 0.0268. The zero-order chi connectivity index (χ0) is 16.5. The van der Waals surface area contributed by atoms with Crippen molar-refractivity contribution in [2.24, 2.45) is 0 Å². The molecule has 0 unspecified atom stereocenters. The largest absolute Gasteiger partial charge is 0.494 e. The monoisotopic (exact) mass is 330 g/mol. The third-order valence-electron chi connectivity index (χ3n) is 3.28. The summed E-state index contributed by atoms with van der Waals surface area (Å²) < 4.78 is 11.4. The second-order valence-electron chi connectivity index (χ2n) is 4.99. The summed E-state index contributed by atoms with van der Waals surface area (Å²) in [6, 6.07) is 15.5. The number of thioether (sulfide) groups is 1. The predicted octanol–water partition coefficient (Wildman–Crippen LogP) is 4.60. The van der Waals surface area contributed by atoms with Crippen molar-refractivity contribution in [3.8, 4) is 11.5 Å². The van der Waals surface area contributed by atoms with Crippen LogP contribution in [0.1, 0.15) is 29.8 Å². The Kier molecular flexibility index (Phi) is 7.01. The summed E-state index contributed by atoms with van der Waals surface area (Å²) in [6.07, 6.45) is 0. The van der Waals surface area contributed by atoms with Crippen LogP contribution >= 0.6 is 11.8 Å². The van der Waals surface area contributed by atoms with Gasteiger partial charge in [0.2, 0.25) is 0 Å². The van der Waals surface area contributed by atoms with E-state index in [0.29, 0.717) is 24.5 Å². The van der Waals surface area contributed by atoms with Gasteiger partial charge in [-0.3, -0.25) is 4.79 Å². The molecule has 0 aliphatic rings. The van der Waals surface area contributed by atoms with Crippen LogP contribution in [0.2, 0.25) is 0 Å². The molecule has 0 saturated heterocycles. The quantitative estimate of drug-likeness (QED) is 0.497. The van der Waals surface area contributed by atoms with E-state index in [-0.39, 0.29) is 5.78 Å². The molecule has 122 valence electrons. The van der Waals surface area contributed by atoms with E-state index in [1.165, 1.54) is 5.56 Å². The van der Waals surface area contributed by atoms with Crippen molar-refractivity contribution < 1.29 is 14.3 Å². The Morgan fingerprint density at radius 3 is 2.43 bits per heavy atom. The Balaban J connectivity index is 1.80. The van der Waals surface area contributed by atoms with Gasteiger partial charge < -0.3 is 9.47 Å². The normalized spacial score (nSPS) is 10.3. The topological polar surface area (TPSA) is 35.5 Å². The average molecular weight is 330 g/mol. The number of carbonyl (C=O) groups excluding carboxylic acids is 1. The van der Waals surface area contributed by atoms with Crippen LogP contribution < -0.4 is 9.47 Å². The highest BCUT2D eigenvalue weighted by Gasteiger charge is 2.07. The predicted molar refractivity (Wildman–Crippen MR) is 95.7 cm³/mol. The summed E-state index contributed by atoms with van der Waals surface area (Å²) in [6.45, 7) is 4.80. The maximum atomic E-state index is 11.5. The van der Waals surface area contributed by atoms with Gasteiger partial charge in [-0.1, -0.05) is 30.3 Å². The maximum Gasteiger partial charge on any atom is 0.163 e. The van der Waals surface area contributed by atoms with Crippen molar-refractivity contribution in [3.05, 3.63) is 59.7 Å². The number of hydrogen-bond acceptors (Lipinski definition) is 4. The standard InChI is InChI=1S/C19H22O3S/c1-3-21-18-10-6-4-8-16(18)14-23-13-12-22-19-11-7-5-9-17(19)15(2)20/h4-11H,3,12-14H2,1-2H3. The van der Waals surface area contributed by atoms with Gasteiger partial charge in [-0.25, -0.2) is 0 Å². The number of ketones is 1. The van der Waals surface area contributed by atoms with Crippen LogP contribution in [0.5, 0.6) is 11.5 Å². The van der Waals surface area contributed by atoms with Gasteiger partial charge in [0.15, 0.2) is 5.78 Å². The zero-order valence-electron chi connectivity index (χ0n) is 13.6. The molecule has 0 spiro atoms. The van der Waals surface area contributed by atoms with Gasteiger partial charge in [-0.15, -0.1) is 0 Å². The number of ether oxygens (including phenoxy) is 2. The molecule has 2 aromatic rings. The van der Waals surface area contributed by atoms with Gasteiger partial charge in [0.1, 0.15) is 11.5 Å². The van der Waals surface area contributed by atoms with E-state index in [1.54, 1.807) is 24.8 Å². The number of Topliss-reactive ketones (excluding diaryl/α,β-unsaturated/α-hetero) is 1. The van der Waals surface area contributed by atoms with Crippen molar-refractivity contribution in [3.63, 3.8) is 0 Å². The molecule has 0 aliphatic heterocycles. The first kappa shape index (κ1) is 17.4. The molecule has 0 amide bonds. The summed E-state index contributed by atoms with van der Waals surface area (Å²) >= 11 is 1.79. The first-order chi connectivity index (χ1) is 11.2. The van der Waals surface area contributed by atoms with Gasteiger partial charge in [0.05, 0.1) is 18.8 Å². The maximum absolute atomic E-state index is 11.5. The minimum Gasteiger partial charge on any atom is -0.494 e. The lowest BCUT2D eigenvalue weighted by Gasteiger charge is -2.11. The highest BCUT2D eigenvalue weighted by molar-refractivity contribution is 7.98. The van der Waals surface area contributed by atoms with Crippen molar-refractivity contribution in [1.82, 2.24) is 0 Å². The zero-order valence-corrected chi connectivity index (χ0v) is 14.4. The molecule has 3 nitrogen and oxygen atoms in total. The molecule has 0 fully saturated rings. The van der Waals surface area contributed by atoms with E-state index in [1.807, 2.05) is 43.3 Å². The van der Waals surface area contributed by atoms with Crippen LogP contribution in [0.25, 0.3) is 0 Å². The molecule has 0 atom stereocenters. The van der Waals surface area contributed by atoms with Crippen molar-refractivity contribution in [1.29, 1.82) is 0 Å². The molecule has 2 rings (SSSR count). The SMILES string of the molecule is CCOc1ccccc1CSCCOc1ccccc1C(C)=O. The molecule has 0 saturated carbocycles. The summed E-state index contributed by atoms with van der Waals surface area (Å²) in [5, 5.41) is 0. The van der Waals surface area contributed by atoms with E-state index in [9.17, 15) is 4.79 Å². The van der Waals surface area contributed by atoms with Crippen molar-refractivity contribution >= 4 is 17.5 Å². The number of benzene rings is 2. The highest BCUT2D eigenvalue weighted by atomic mass is 32.2. The van der Waals surface area contributed by atoms with Crippen molar-refractivity contribution in [2.75, 3.05) is 19.0 Å². The van der Waals surface area contributed by atoms with Crippen LogP contribution in [-0.4, -0.2) is 24.7 Å². The van der Waals surface area contributed by atoms with Gasteiger partial charge in [-0.2, -0.15) is 11.8 Å². The molecule has 23 heavy (non-hydrogen) atoms. The highest BCUT2D eigenvalue weighted by Crippen LogP contribution is 2.23. The molecule has 0 bridgehead atoms. The van der Waals surface area contributed by atoms with Crippen LogP contribution in [0, 0.1) is 0 Å². The number of rotatable bonds is 9. The van der Waals surface area contributed by atoms with E-state index in [4.69, 9.17) is 9.47 Å². The summed E-state index contributed by atoms with van der Waals surface area (Å²) in [7, 11) is 0. The van der Waals surface area contributed by atoms with Crippen LogP contribution in [0.3, 0.4) is 0 Å². The first-order valence-corrected chi connectivity index (χ1v) is 8.89. The first-order valence-electron chi connectivity index (χ1n) is 7.73. The number of para-hydroxylation sites is 2. The Morgan fingerprint density at radius 1 is 1.00 bits per heavy atom. The Bertz CT molecular complexity index is 640. The Hall–Kier alpha value is -1.94. The van der Waals surface area contributed by atoms with Crippen LogP contribution in [-0.2, 0) is 5.75 Å². The molecular weight excluding hydrogens is 308 g/mol. The van der Waals surface area contributed by atoms with Gasteiger partial charge in [0, 0.05) is 17.1 Å². The fourth-order valence-electron chi connectivity index (χ4n) is 2.20. The molecule has 0 aromatic heterocycles. The molecule has 2 aromatic carbocycles. The second-order valence-corrected chi connectivity index (χ2v) is 6.10. The lowest BCUT2D eigenvalue weighted by Crippen LogP contribution is -2.05. The molecule has 4 heteroatoms. The molecule has 0 heterocycles. The molecular formula is C19H22O3S. The number of carbonyl (C=O) groups is 1.